The van der Waals surface area contributed by atoms with E-state index < -0.39 is 0 Å². The molecule has 1 atom stereocenters. The molecule has 2 aromatic rings. The third kappa shape index (κ3) is 2.31. The number of benzene rings is 1. The van der Waals surface area contributed by atoms with Crippen molar-refractivity contribution in [3.05, 3.63) is 29.3 Å². The van der Waals surface area contributed by atoms with E-state index in [9.17, 15) is 4.79 Å². The molecular formula is C14H15N3O2S. The number of aryl methyl sites for hydroxylation is 2. The minimum atomic E-state index is -0.0270. The molecule has 0 spiro atoms. The van der Waals surface area contributed by atoms with Crippen molar-refractivity contribution in [1.82, 2.24) is 10.2 Å². The number of nitrogens with zero attached hydrogens (tertiary/aromatic N) is 3. The van der Waals surface area contributed by atoms with Crippen LogP contribution in [0.5, 0.6) is 0 Å². The van der Waals surface area contributed by atoms with Crippen molar-refractivity contribution in [3.63, 3.8) is 0 Å². The Labute approximate surface area is 122 Å². The van der Waals surface area contributed by atoms with Gasteiger partial charge in [-0.1, -0.05) is 22.8 Å². The maximum atomic E-state index is 11.8. The SMILES string of the molecule is Cc1ccc(-c2nnc(N3CC(S)CC3=O)o2)c(C)c1. The van der Waals surface area contributed by atoms with Crippen LogP contribution in [0.4, 0.5) is 6.01 Å². The molecule has 6 heteroatoms. The molecule has 3 rings (SSSR count). The third-order valence-corrected chi connectivity index (χ3v) is 3.71. The minimum Gasteiger partial charge on any atom is -0.403 e. The van der Waals surface area contributed by atoms with Gasteiger partial charge in [0.2, 0.25) is 11.8 Å². The summed E-state index contributed by atoms with van der Waals surface area (Å²) < 4.78 is 5.64. The Balaban J connectivity index is 1.92. The van der Waals surface area contributed by atoms with Crippen LogP contribution in [0.2, 0.25) is 0 Å². The zero-order chi connectivity index (χ0) is 14.3. The van der Waals surface area contributed by atoms with Crippen molar-refractivity contribution in [1.29, 1.82) is 0 Å². The van der Waals surface area contributed by atoms with Crippen LogP contribution in [0.1, 0.15) is 17.5 Å². The molecule has 0 radical (unpaired) electrons. The Kier molecular flexibility index (Phi) is 3.25. The lowest BCUT2D eigenvalue weighted by Gasteiger charge is -2.09. The van der Waals surface area contributed by atoms with E-state index in [1.54, 1.807) is 0 Å². The van der Waals surface area contributed by atoms with Crippen molar-refractivity contribution < 1.29 is 9.21 Å². The lowest BCUT2D eigenvalue weighted by Crippen LogP contribution is -2.24. The van der Waals surface area contributed by atoms with Crippen molar-refractivity contribution in [3.8, 4) is 11.5 Å². The van der Waals surface area contributed by atoms with E-state index in [-0.39, 0.29) is 17.2 Å². The number of hydrogen-bond acceptors (Lipinski definition) is 5. The number of rotatable bonds is 2. The van der Waals surface area contributed by atoms with E-state index in [2.05, 4.69) is 28.9 Å². The molecular weight excluding hydrogens is 274 g/mol. The van der Waals surface area contributed by atoms with Crippen LogP contribution in [-0.4, -0.2) is 27.9 Å². The molecule has 1 aromatic heterocycles. The molecule has 0 saturated carbocycles. The highest BCUT2D eigenvalue weighted by molar-refractivity contribution is 7.81. The zero-order valence-corrected chi connectivity index (χ0v) is 12.2. The summed E-state index contributed by atoms with van der Waals surface area (Å²) in [5.41, 5.74) is 3.14. The fourth-order valence-electron chi connectivity index (χ4n) is 2.36. The molecule has 1 aliphatic rings. The lowest BCUT2D eigenvalue weighted by molar-refractivity contribution is -0.117. The van der Waals surface area contributed by atoms with Gasteiger partial charge in [-0.2, -0.15) is 12.6 Å². The predicted molar refractivity (Wildman–Crippen MR) is 79.0 cm³/mol. The molecule has 5 nitrogen and oxygen atoms in total. The first-order valence-electron chi connectivity index (χ1n) is 6.44. The largest absolute Gasteiger partial charge is 0.403 e. The summed E-state index contributed by atoms with van der Waals surface area (Å²) in [5, 5.41) is 8.05. The van der Waals surface area contributed by atoms with Crippen LogP contribution in [0.25, 0.3) is 11.5 Å². The first kappa shape index (κ1) is 13.2. The molecule has 0 N–H and O–H groups in total. The van der Waals surface area contributed by atoms with E-state index in [0.29, 0.717) is 18.9 Å². The number of carbonyl (C=O) groups excluding carboxylic acids is 1. The van der Waals surface area contributed by atoms with Crippen molar-refractivity contribution in [2.24, 2.45) is 0 Å². The van der Waals surface area contributed by atoms with E-state index >= 15 is 0 Å². The van der Waals surface area contributed by atoms with Crippen LogP contribution in [0.3, 0.4) is 0 Å². The van der Waals surface area contributed by atoms with Gasteiger partial charge in [0.25, 0.3) is 0 Å². The predicted octanol–water partition coefficient (Wildman–Crippen LogP) is 2.39. The normalized spacial score (nSPS) is 18.9. The summed E-state index contributed by atoms with van der Waals surface area (Å²) in [6.45, 7) is 4.54. The average Bonchev–Trinajstić information content (AvgIpc) is 2.96. The zero-order valence-electron chi connectivity index (χ0n) is 11.3. The molecule has 0 aliphatic carbocycles. The van der Waals surface area contributed by atoms with Crippen LogP contribution in [0, 0.1) is 13.8 Å². The van der Waals surface area contributed by atoms with E-state index in [0.717, 1.165) is 11.1 Å². The standard InChI is InChI=1S/C14H15N3O2S/c1-8-3-4-11(9(2)5-8)13-15-16-14(19-13)17-7-10(20)6-12(17)18/h3-5,10,20H,6-7H2,1-2H3. The number of thiol groups is 1. The highest BCUT2D eigenvalue weighted by Gasteiger charge is 2.32. The van der Waals surface area contributed by atoms with Crippen LogP contribution in [-0.2, 0) is 4.79 Å². The van der Waals surface area contributed by atoms with Crippen molar-refractivity contribution >= 4 is 24.6 Å². The topological polar surface area (TPSA) is 59.2 Å². The summed E-state index contributed by atoms with van der Waals surface area (Å²) in [6.07, 6.45) is 0.407. The monoisotopic (exact) mass is 289 g/mol. The fourth-order valence-corrected chi connectivity index (χ4v) is 2.68. The molecule has 1 aromatic carbocycles. The van der Waals surface area contributed by atoms with Gasteiger partial charge in [0.05, 0.1) is 0 Å². The highest BCUT2D eigenvalue weighted by atomic mass is 32.1. The number of aromatic nitrogens is 2. The van der Waals surface area contributed by atoms with E-state index in [4.69, 9.17) is 4.42 Å². The van der Waals surface area contributed by atoms with Crippen molar-refractivity contribution in [2.75, 3.05) is 11.4 Å². The number of carbonyl (C=O) groups is 1. The second kappa shape index (κ2) is 4.94. The molecule has 1 aliphatic heterocycles. The Hall–Kier alpha value is -1.82. The Morgan fingerprint density at radius 1 is 1.35 bits per heavy atom. The summed E-state index contributed by atoms with van der Waals surface area (Å²) in [5.74, 6) is 0.411. The van der Waals surface area contributed by atoms with Gasteiger partial charge < -0.3 is 4.42 Å². The minimum absolute atomic E-state index is 0.0268. The van der Waals surface area contributed by atoms with Crippen LogP contribution < -0.4 is 4.90 Å². The smallest absolute Gasteiger partial charge is 0.325 e. The molecule has 1 fully saturated rings. The van der Waals surface area contributed by atoms with Gasteiger partial charge in [0.15, 0.2) is 0 Å². The first-order valence-corrected chi connectivity index (χ1v) is 6.96. The number of hydrogen-bond donors (Lipinski definition) is 1. The lowest BCUT2D eigenvalue weighted by atomic mass is 10.1. The maximum absolute atomic E-state index is 11.8. The second-order valence-electron chi connectivity index (χ2n) is 5.07. The van der Waals surface area contributed by atoms with Gasteiger partial charge >= 0.3 is 6.01 Å². The third-order valence-electron chi connectivity index (χ3n) is 3.36. The summed E-state index contributed by atoms with van der Waals surface area (Å²) in [4.78, 5) is 13.3. The quantitative estimate of drug-likeness (QED) is 0.862. The number of anilines is 1. The fraction of sp³-hybridized carbons (Fsp3) is 0.357. The molecule has 2 heterocycles. The molecule has 104 valence electrons. The van der Waals surface area contributed by atoms with Gasteiger partial charge in [-0.15, -0.1) is 5.10 Å². The summed E-state index contributed by atoms with van der Waals surface area (Å²) >= 11 is 4.31. The summed E-state index contributed by atoms with van der Waals surface area (Å²) in [6, 6.07) is 6.26. The van der Waals surface area contributed by atoms with Crippen LogP contribution in [0.15, 0.2) is 22.6 Å². The van der Waals surface area contributed by atoms with Gasteiger partial charge in [-0.05, 0) is 25.5 Å². The van der Waals surface area contributed by atoms with E-state index in [1.807, 2.05) is 26.0 Å². The number of amides is 1. The molecule has 1 unspecified atom stereocenters. The maximum Gasteiger partial charge on any atom is 0.325 e. The second-order valence-corrected chi connectivity index (χ2v) is 5.80. The molecule has 0 bridgehead atoms. The van der Waals surface area contributed by atoms with Gasteiger partial charge in [-0.3, -0.25) is 9.69 Å². The van der Waals surface area contributed by atoms with E-state index in [1.165, 1.54) is 10.5 Å². The Morgan fingerprint density at radius 2 is 2.15 bits per heavy atom. The van der Waals surface area contributed by atoms with Crippen molar-refractivity contribution in [2.45, 2.75) is 25.5 Å². The molecule has 1 saturated heterocycles. The molecule has 1 amide bonds. The molecule has 20 heavy (non-hydrogen) atoms. The Morgan fingerprint density at radius 3 is 2.80 bits per heavy atom. The first-order chi connectivity index (χ1) is 9.54. The van der Waals surface area contributed by atoms with Crippen LogP contribution >= 0.6 is 12.6 Å². The highest BCUT2D eigenvalue weighted by Crippen LogP contribution is 2.28. The van der Waals surface area contributed by atoms with Gasteiger partial charge in [0.1, 0.15) is 0 Å². The van der Waals surface area contributed by atoms with Gasteiger partial charge in [0, 0.05) is 23.8 Å². The Bertz CT molecular complexity index is 668. The average molecular weight is 289 g/mol. The summed E-state index contributed by atoms with van der Waals surface area (Å²) in [7, 11) is 0. The van der Waals surface area contributed by atoms with Gasteiger partial charge in [-0.25, -0.2) is 0 Å².